The smallest absolute Gasteiger partial charge is 0.275 e. The van der Waals surface area contributed by atoms with Crippen molar-refractivity contribution >= 4 is 21.8 Å². The molecule has 11 nitrogen and oxygen atoms in total. The molecule has 0 atom stereocenters. The Morgan fingerprint density at radius 1 is 1.16 bits per heavy atom. The number of ether oxygens (including phenoxy) is 1. The van der Waals surface area contributed by atoms with Gasteiger partial charge in [0.25, 0.3) is 5.56 Å². The van der Waals surface area contributed by atoms with Gasteiger partial charge in [-0.3, -0.25) is 4.79 Å². The van der Waals surface area contributed by atoms with Crippen molar-refractivity contribution in [2.75, 3.05) is 46.9 Å². The van der Waals surface area contributed by atoms with Crippen LogP contribution in [0.25, 0.3) is 16.9 Å². The third-order valence-electron chi connectivity index (χ3n) is 6.73. The van der Waals surface area contributed by atoms with Crippen LogP contribution in [0.1, 0.15) is 43.5 Å². The lowest BCUT2D eigenvalue weighted by molar-refractivity contribution is 0.215. The summed E-state index contributed by atoms with van der Waals surface area (Å²) in [6.07, 6.45) is 3.84. The maximum Gasteiger partial charge on any atom is 0.275 e. The van der Waals surface area contributed by atoms with Crippen LogP contribution in [0.5, 0.6) is 5.75 Å². The average molecular weight is 545 g/mol. The molecule has 206 valence electrons. The zero-order valence-electron chi connectivity index (χ0n) is 22.7. The quantitative estimate of drug-likeness (QED) is 0.308. The number of sulfonamides is 1. The number of aryl methyl sites for hydroxylation is 2. The molecule has 4 rings (SSSR count). The fourth-order valence-electron chi connectivity index (χ4n) is 4.67. The van der Waals surface area contributed by atoms with E-state index in [2.05, 4.69) is 15.0 Å². The van der Waals surface area contributed by atoms with Crippen LogP contribution in [0.2, 0.25) is 0 Å². The first-order chi connectivity index (χ1) is 18.2. The molecule has 1 N–H and O–H groups in total. The van der Waals surface area contributed by atoms with E-state index in [0.29, 0.717) is 56.0 Å². The number of piperazine rings is 1. The van der Waals surface area contributed by atoms with Crippen LogP contribution in [-0.4, -0.2) is 85.4 Å². The van der Waals surface area contributed by atoms with Gasteiger partial charge in [-0.25, -0.2) is 12.9 Å². The minimum atomic E-state index is -3.74. The lowest BCUT2D eigenvalue weighted by atomic mass is 10.1. The summed E-state index contributed by atoms with van der Waals surface area (Å²) in [6, 6.07) is 4.75. The van der Waals surface area contributed by atoms with Crippen molar-refractivity contribution < 1.29 is 18.0 Å². The van der Waals surface area contributed by atoms with Gasteiger partial charge < -0.3 is 19.5 Å². The van der Waals surface area contributed by atoms with Gasteiger partial charge in [0.1, 0.15) is 18.4 Å². The molecule has 3 aromatic rings. The van der Waals surface area contributed by atoms with Gasteiger partial charge in [0.05, 0.1) is 29.0 Å². The molecule has 0 unspecified atom stereocenters. The predicted octanol–water partition coefficient (Wildman–Crippen LogP) is 2.66. The highest BCUT2D eigenvalue weighted by atomic mass is 32.2. The van der Waals surface area contributed by atoms with Gasteiger partial charge in [-0.15, -0.1) is 5.10 Å². The van der Waals surface area contributed by atoms with Crippen molar-refractivity contribution in [3.8, 4) is 17.1 Å². The first-order valence-corrected chi connectivity index (χ1v) is 14.3. The number of H-pyrrole nitrogens is 1. The first kappa shape index (κ1) is 27.8. The summed E-state index contributed by atoms with van der Waals surface area (Å²) >= 11 is 0. The fourth-order valence-corrected chi connectivity index (χ4v) is 6.11. The van der Waals surface area contributed by atoms with Gasteiger partial charge in [-0.1, -0.05) is 25.4 Å². The SMILES string of the molecule is CCCOc1ccc(S(=O)(=O)N2CCN(C)CC2)cc1-c1nn2c(CCC)c(C=NOC)c(C)c2c(=O)[nH]1. The van der Waals surface area contributed by atoms with E-state index in [-0.39, 0.29) is 16.3 Å². The molecule has 0 bridgehead atoms. The number of hydrogen-bond acceptors (Lipinski definition) is 8. The van der Waals surface area contributed by atoms with Crippen molar-refractivity contribution in [1.29, 1.82) is 0 Å². The number of benzene rings is 1. The predicted molar refractivity (Wildman–Crippen MR) is 147 cm³/mol. The number of fused-ring (bicyclic) bond motifs is 1. The molecule has 0 saturated carbocycles. The third kappa shape index (κ3) is 5.33. The molecule has 1 aliphatic rings. The van der Waals surface area contributed by atoms with Gasteiger partial charge >= 0.3 is 0 Å². The molecule has 0 aliphatic carbocycles. The highest BCUT2D eigenvalue weighted by molar-refractivity contribution is 7.89. The average Bonchev–Trinajstić information content (AvgIpc) is 3.17. The van der Waals surface area contributed by atoms with Crippen molar-refractivity contribution in [3.05, 3.63) is 45.4 Å². The molecule has 1 aliphatic heterocycles. The van der Waals surface area contributed by atoms with Gasteiger partial charge in [0.15, 0.2) is 5.82 Å². The monoisotopic (exact) mass is 544 g/mol. The zero-order chi connectivity index (χ0) is 27.4. The lowest BCUT2D eigenvalue weighted by Gasteiger charge is -2.31. The molecule has 38 heavy (non-hydrogen) atoms. The number of rotatable bonds is 10. The van der Waals surface area contributed by atoms with E-state index in [4.69, 9.17) is 14.7 Å². The summed E-state index contributed by atoms with van der Waals surface area (Å²) in [7, 11) is -0.304. The number of oxime groups is 1. The van der Waals surface area contributed by atoms with Gasteiger partial charge in [-0.2, -0.15) is 4.31 Å². The zero-order valence-corrected chi connectivity index (χ0v) is 23.5. The molecule has 0 amide bonds. The topological polar surface area (TPSA) is 122 Å². The Hall–Kier alpha value is -3.22. The van der Waals surface area contributed by atoms with Gasteiger partial charge in [0.2, 0.25) is 10.0 Å². The van der Waals surface area contributed by atoms with E-state index >= 15 is 0 Å². The Kier molecular flexibility index (Phi) is 8.54. The van der Waals surface area contributed by atoms with E-state index in [1.54, 1.807) is 28.9 Å². The van der Waals surface area contributed by atoms with Crippen molar-refractivity contribution in [2.24, 2.45) is 5.16 Å². The highest BCUT2D eigenvalue weighted by Crippen LogP contribution is 2.32. The third-order valence-corrected chi connectivity index (χ3v) is 8.62. The molecule has 1 saturated heterocycles. The van der Waals surface area contributed by atoms with Crippen molar-refractivity contribution in [2.45, 2.75) is 44.9 Å². The molecule has 1 fully saturated rings. The Labute approximate surface area is 223 Å². The van der Waals surface area contributed by atoms with Crippen LogP contribution in [-0.2, 0) is 21.3 Å². The van der Waals surface area contributed by atoms with Crippen molar-refractivity contribution in [1.82, 2.24) is 23.8 Å². The summed E-state index contributed by atoms with van der Waals surface area (Å²) in [6.45, 7) is 8.47. The number of nitrogens with zero attached hydrogens (tertiary/aromatic N) is 5. The molecular weight excluding hydrogens is 508 g/mol. The number of aromatic amines is 1. The molecule has 0 radical (unpaired) electrons. The standard InChI is InChI=1S/C26H36N6O5S/c1-6-8-22-21(17-27-36-5)18(3)24-26(33)28-25(29-32(22)24)20-16-19(9-10-23(20)37-15-7-2)38(34,35)31-13-11-30(4)12-14-31/h9-10,16-17H,6-8,11-15H2,1-5H3,(H,28,29,33). The largest absolute Gasteiger partial charge is 0.493 e. The number of hydrogen-bond donors (Lipinski definition) is 1. The molecule has 3 heterocycles. The number of likely N-dealkylation sites (N-methyl/N-ethyl adjacent to an activating group) is 1. The maximum atomic E-state index is 13.5. The Morgan fingerprint density at radius 2 is 1.89 bits per heavy atom. The second kappa shape index (κ2) is 11.7. The second-order valence-corrected chi connectivity index (χ2v) is 11.4. The van der Waals surface area contributed by atoms with E-state index in [1.807, 2.05) is 27.8 Å². The van der Waals surface area contributed by atoms with Gasteiger partial charge in [0, 0.05) is 31.7 Å². The summed E-state index contributed by atoms with van der Waals surface area (Å²) in [5.74, 6) is 0.681. The van der Waals surface area contributed by atoms with Gasteiger partial charge in [-0.05, 0) is 50.6 Å². The number of nitrogens with one attached hydrogen (secondary N) is 1. The summed E-state index contributed by atoms with van der Waals surface area (Å²) in [5.41, 5.74) is 2.82. The van der Waals surface area contributed by atoms with E-state index < -0.39 is 10.0 Å². The summed E-state index contributed by atoms with van der Waals surface area (Å²) in [5, 5.41) is 8.71. The van der Waals surface area contributed by atoms with E-state index in [9.17, 15) is 13.2 Å². The molecular formula is C26H36N6O5S. The first-order valence-electron chi connectivity index (χ1n) is 12.9. The summed E-state index contributed by atoms with van der Waals surface area (Å²) in [4.78, 5) is 23.3. The van der Waals surface area contributed by atoms with Crippen LogP contribution >= 0.6 is 0 Å². The van der Waals surface area contributed by atoms with E-state index in [0.717, 1.165) is 29.7 Å². The van der Waals surface area contributed by atoms with E-state index in [1.165, 1.54) is 11.4 Å². The number of aromatic nitrogens is 3. The summed E-state index contributed by atoms with van der Waals surface area (Å²) < 4.78 is 36.1. The van der Waals surface area contributed by atoms with Crippen LogP contribution < -0.4 is 10.3 Å². The Balaban J connectivity index is 1.90. The molecule has 0 spiro atoms. The van der Waals surface area contributed by atoms with Crippen LogP contribution in [0.4, 0.5) is 0 Å². The Bertz CT molecular complexity index is 1490. The second-order valence-electron chi connectivity index (χ2n) is 9.43. The van der Waals surface area contributed by atoms with Crippen LogP contribution in [0.15, 0.2) is 33.0 Å². The highest BCUT2D eigenvalue weighted by Gasteiger charge is 2.29. The Morgan fingerprint density at radius 3 is 2.55 bits per heavy atom. The minimum Gasteiger partial charge on any atom is -0.493 e. The lowest BCUT2D eigenvalue weighted by Crippen LogP contribution is -2.47. The fraction of sp³-hybridized carbons (Fsp3) is 0.500. The normalized spacial score (nSPS) is 15.5. The minimum absolute atomic E-state index is 0.133. The molecule has 2 aromatic heterocycles. The van der Waals surface area contributed by atoms with Crippen molar-refractivity contribution in [3.63, 3.8) is 0 Å². The van der Waals surface area contributed by atoms with Crippen LogP contribution in [0.3, 0.4) is 0 Å². The molecule has 12 heteroatoms. The maximum absolute atomic E-state index is 13.5. The van der Waals surface area contributed by atoms with Crippen LogP contribution in [0, 0.1) is 6.92 Å². The molecule has 1 aromatic carbocycles.